The Morgan fingerprint density at radius 3 is 1.61 bits per heavy atom. The molecule has 0 saturated heterocycles. The zero-order valence-corrected chi connectivity index (χ0v) is 34.2. The maximum absolute atomic E-state index is 6.73. The van der Waals surface area contributed by atoms with Crippen molar-refractivity contribution in [1.82, 2.24) is 15.0 Å². The van der Waals surface area contributed by atoms with E-state index in [0.29, 0.717) is 5.82 Å². The molecule has 0 radical (unpaired) electrons. The van der Waals surface area contributed by atoms with Crippen molar-refractivity contribution >= 4 is 54.3 Å². The molecular weight excluding hydrogens is 775 g/mol. The highest BCUT2D eigenvalue weighted by Crippen LogP contribution is 2.52. The topological polar surface area (TPSA) is 51.8 Å². The van der Waals surface area contributed by atoms with Crippen LogP contribution in [0.5, 0.6) is 0 Å². The molecule has 0 bridgehead atoms. The van der Waals surface area contributed by atoms with Gasteiger partial charge in [0.25, 0.3) is 0 Å². The molecule has 0 fully saturated rings. The summed E-state index contributed by atoms with van der Waals surface area (Å²) in [4.78, 5) is 16.5. The molecular formula is C57H35N3OS. The smallest absolute Gasteiger partial charge is 0.160 e. The Labute approximate surface area is 362 Å². The minimum Gasteiger partial charge on any atom is -0.455 e. The van der Waals surface area contributed by atoms with Gasteiger partial charge < -0.3 is 4.42 Å². The molecule has 62 heavy (non-hydrogen) atoms. The molecule has 12 aromatic rings. The van der Waals surface area contributed by atoms with Gasteiger partial charge in [-0.25, -0.2) is 15.0 Å². The van der Waals surface area contributed by atoms with E-state index in [1.165, 1.54) is 10.3 Å². The number of benzene rings is 8. The van der Waals surface area contributed by atoms with Crippen molar-refractivity contribution in [3.63, 3.8) is 0 Å². The highest BCUT2D eigenvalue weighted by Gasteiger charge is 2.25. The number of aromatic nitrogens is 3. The van der Waals surface area contributed by atoms with E-state index in [1.807, 2.05) is 53.8 Å². The molecule has 8 aromatic carbocycles. The second kappa shape index (κ2) is 14.9. The number of thiophene rings is 1. The number of para-hydroxylation sites is 3. The zero-order valence-electron chi connectivity index (χ0n) is 33.4. The molecule has 0 saturated carbocycles. The van der Waals surface area contributed by atoms with E-state index in [4.69, 9.17) is 19.4 Å². The number of rotatable bonds is 7. The third-order valence-corrected chi connectivity index (χ3v) is 13.0. The summed E-state index contributed by atoms with van der Waals surface area (Å²) in [6.45, 7) is 0. The molecule has 0 aliphatic carbocycles. The van der Waals surface area contributed by atoms with Gasteiger partial charge in [-0.05, 0) is 34.9 Å². The zero-order chi connectivity index (χ0) is 41.0. The summed E-state index contributed by atoms with van der Waals surface area (Å²) < 4.78 is 7.89. The lowest BCUT2D eigenvalue weighted by Crippen LogP contribution is -1.95. The van der Waals surface area contributed by atoms with Crippen LogP contribution in [0.15, 0.2) is 217 Å². The van der Waals surface area contributed by atoms with Gasteiger partial charge in [-0.2, -0.15) is 0 Å². The number of nitrogens with zero attached hydrogens (tertiary/aromatic N) is 3. The van der Waals surface area contributed by atoms with Crippen LogP contribution in [0, 0.1) is 0 Å². The van der Waals surface area contributed by atoms with Crippen LogP contribution < -0.4 is 0 Å². The summed E-state index contributed by atoms with van der Waals surface area (Å²) >= 11 is 1.81. The molecule has 12 rings (SSSR count). The van der Waals surface area contributed by atoms with E-state index >= 15 is 0 Å². The van der Waals surface area contributed by atoms with E-state index in [9.17, 15) is 0 Å². The minimum absolute atomic E-state index is 0.707. The lowest BCUT2D eigenvalue weighted by Gasteiger charge is -2.11. The molecule has 0 N–H and O–H groups in total. The first kappa shape index (κ1) is 35.9. The number of pyridine rings is 1. The van der Waals surface area contributed by atoms with Crippen LogP contribution in [0.25, 0.3) is 121 Å². The molecule has 0 aliphatic heterocycles. The van der Waals surface area contributed by atoms with Gasteiger partial charge in [0.1, 0.15) is 11.2 Å². The van der Waals surface area contributed by atoms with Crippen molar-refractivity contribution in [2.45, 2.75) is 0 Å². The number of furan rings is 1. The van der Waals surface area contributed by atoms with Gasteiger partial charge in [-0.3, -0.25) is 0 Å². The van der Waals surface area contributed by atoms with Crippen LogP contribution in [-0.4, -0.2) is 15.0 Å². The Balaban J connectivity index is 0.990. The van der Waals surface area contributed by atoms with Crippen molar-refractivity contribution in [2.24, 2.45) is 0 Å². The van der Waals surface area contributed by atoms with Crippen molar-refractivity contribution in [1.29, 1.82) is 0 Å². The van der Waals surface area contributed by atoms with E-state index in [2.05, 4.69) is 170 Å². The molecule has 0 amide bonds. The summed E-state index contributed by atoms with van der Waals surface area (Å²) in [5.74, 6) is 0.707. The Morgan fingerprint density at radius 1 is 0.387 bits per heavy atom. The van der Waals surface area contributed by atoms with Crippen molar-refractivity contribution in [3.05, 3.63) is 212 Å². The normalized spacial score (nSPS) is 11.5. The second-order valence-corrected chi connectivity index (χ2v) is 16.5. The highest BCUT2D eigenvalue weighted by molar-refractivity contribution is 7.23. The van der Waals surface area contributed by atoms with Gasteiger partial charge >= 0.3 is 0 Å². The Kier molecular flexibility index (Phi) is 8.65. The molecule has 4 nitrogen and oxygen atoms in total. The third-order valence-electron chi connectivity index (χ3n) is 11.7. The maximum atomic E-state index is 6.73. The molecule has 0 unspecified atom stereocenters. The first-order valence-electron chi connectivity index (χ1n) is 20.8. The van der Waals surface area contributed by atoms with Crippen molar-refractivity contribution in [3.8, 4) is 77.9 Å². The van der Waals surface area contributed by atoms with Crippen LogP contribution in [0.4, 0.5) is 0 Å². The summed E-state index contributed by atoms with van der Waals surface area (Å²) in [5, 5.41) is 4.54. The fraction of sp³-hybridized carbons (Fsp3) is 0. The molecule has 4 heterocycles. The quantitative estimate of drug-likeness (QED) is 0.161. The molecule has 290 valence electrons. The van der Waals surface area contributed by atoms with Gasteiger partial charge in [-0.15, -0.1) is 11.3 Å². The molecule has 0 spiro atoms. The van der Waals surface area contributed by atoms with E-state index in [-0.39, 0.29) is 0 Å². The lowest BCUT2D eigenvalue weighted by molar-refractivity contribution is 0.670. The maximum Gasteiger partial charge on any atom is 0.160 e. The van der Waals surface area contributed by atoms with Crippen LogP contribution >= 0.6 is 11.3 Å². The first-order chi connectivity index (χ1) is 30.7. The standard InChI is InChI=1S/C57H35N3OS/c1-4-15-38(16-5-1)48-35-49(60-57(59-48)42-19-8-3-9-20-42)39-31-27-36(28-32-39)37-29-33-41(34-30-37)55-52(46-24-14-23-44-43-21-11-13-26-50(43)61-54(44)46)51-45-22-10-12-25-47(45)58-53(56(51)62-55)40-17-6-2-7-18-40/h1-35H. The van der Waals surface area contributed by atoms with Gasteiger partial charge in [0, 0.05) is 59.8 Å². The van der Waals surface area contributed by atoms with Gasteiger partial charge in [0.2, 0.25) is 0 Å². The lowest BCUT2D eigenvalue weighted by atomic mass is 9.93. The van der Waals surface area contributed by atoms with E-state index < -0.39 is 0 Å². The fourth-order valence-electron chi connectivity index (χ4n) is 8.72. The Bertz CT molecular complexity index is 3540. The van der Waals surface area contributed by atoms with Crippen molar-refractivity contribution in [2.75, 3.05) is 0 Å². The monoisotopic (exact) mass is 809 g/mol. The van der Waals surface area contributed by atoms with E-state index in [0.717, 1.165) is 105 Å². The molecule has 4 aromatic heterocycles. The van der Waals surface area contributed by atoms with Crippen LogP contribution in [0.3, 0.4) is 0 Å². The average Bonchev–Trinajstić information content (AvgIpc) is 3.95. The average molecular weight is 810 g/mol. The second-order valence-electron chi connectivity index (χ2n) is 15.5. The predicted molar refractivity (Wildman–Crippen MR) is 258 cm³/mol. The number of fused-ring (bicyclic) bond motifs is 6. The molecule has 0 atom stereocenters. The number of hydrogen-bond donors (Lipinski definition) is 0. The summed E-state index contributed by atoms with van der Waals surface area (Å²) in [7, 11) is 0. The Hall–Kier alpha value is -7.99. The van der Waals surface area contributed by atoms with E-state index in [1.54, 1.807) is 0 Å². The first-order valence-corrected chi connectivity index (χ1v) is 21.6. The summed E-state index contributed by atoms with van der Waals surface area (Å²) in [6.07, 6.45) is 0. The van der Waals surface area contributed by atoms with Crippen LogP contribution in [0.2, 0.25) is 0 Å². The van der Waals surface area contributed by atoms with Crippen LogP contribution in [0.1, 0.15) is 0 Å². The minimum atomic E-state index is 0.707. The van der Waals surface area contributed by atoms with Gasteiger partial charge in [0.15, 0.2) is 5.82 Å². The third kappa shape index (κ3) is 6.18. The fourth-order valence-corrected chi connectivity index (χ4v) is 10.1. The summed E-state index contributed by atoms with van der Waals surface area (Å²) in [6, 6.07) is 74.2. The molecule has 5 heteroatoms. The number of hydrogen-bond acceptors (Lipinski definition) is 5. The Morgan fingerprint density at radius 2 is 0.919 bits per heavy atom. The van der Waals surface area contributed by atoms with Gasteiger partial charge in [-0.1, -0.05) is 194 Å². The largest absolute Gasteiger partial charge is 0.455 e. The SMILES string of the molecule is c1ccc(-c2cc(-c3ccc(-c4ccc(-c5sc6c(-c7ccccc7)nc7ccccc7c6c5-c5cccc6c5oc5ccccc56)cc4)cc3)nc(-c3ccccc3)n2)cc1. The predicted octanol–water partition coefficient (Wildman–Crippen LogP) is 15.8. The van der Waals surface area contributed by atoms with Crippen molar-refractivity contribution < 1.29 is 4.42 Å². The van der Waals surface area contributed by atoms with Gasteiger partial charge in [0.05, 0.1) is 27.3 Å². The molecule has 0 aliphatic rings. The summed E-state index contributed by atoms with van der Waals surface area (Å²) in [5.41, 5.74) is 15.3. The van der Waals surface area contributed by atoms with Crippen LogP contribution in [-0.2, 0) is 0 Å². The highest BCUT2D eigenvalue weighted by atomic mass is 32.1.